The van der Waals surface area contributed by atoms with Crippen LogP contribution in [0.25, 0.3) is 0 Å². The summed E-state index contributed by atoms with van der Waals surface area (Å²) < 4.78 is 4.68. The van der Waals surface area contributed by atoms with Crippen molar-refractivity contribution in [2.75, 3.05) is 11.9 Å². The van der Waals surface area contributed by atoms with Crippen LogP contribution in [0.2, 0.25) is 0 Å². The third kappa shape index (κ3) is 11.4. The third-order valence-corrected chi connectivity index (χ3v) is 1.39. The molecule has 0 N–H and O–H groups in total. The first-order valence-corrected chi connectivity index (χ1v) is 4.09. The number of carbonyl (C=O) groups is 1. The van der Waals surface area contributed by atoms with Gasteiger partial charge < -0.3 is 4.74 Å². The molecule has 0 fully saturated rings. The van der Waals surface area contributed by atoms with Gasteiger partial charge in [0.2, 0.25) is 0 Å². The second-order valence-electron chi connectivity index (χ2n) is 1.74. The first-order valence-electron chi connectivity index (χ1n) is 2.96. The van der Waals surface area contributed by atoms with Gasteiger partial charge in [-0.05, 0) is 12.8 Å². The van der Waals surface area contributed by atoms with Crippen LogP contribution < -0.4 is 0 Å². The molecule has 0 aromatic rings. The smallest absolute Gasteiger partial charge is 0.302 e. The Morgan fingerprint density at radius 2 is 2.10 bits per heavy atom. The SMILES string of the molecule is CC(=O)OCCCCBr.[Zn]. The van der Waals surface area contributed by atoms with Crippen molar-refractivity contribution in [3.05, 3.63) is 0 Å². The van der Waals surface area contributed by atoms with Gasteiger partial charge in [-0.1, -0.05) is 15.9 Å². The standard InChI is InChI=1S/C6H11BrO2.Zn/c1-6(8)9-5-3-2-4-7;/h2-5H2,1H3;. The number of hydrogen-bond acceptors (Lipinski definition) is 2. The van der Waals surface area contributed by atoms with Crippen LogP contribution in [0.3, 0.4) is 0 Å². The van der Waals surface area contributed by atoms with Crippen LogP contribution in [0.15, 0.2) is 0 Å². The van der Waals surface area contributed by atoms with Gasteiger partial charge in [0.25, 0.3) is 0 Å². The zero-order valence-electron chi connectivity index (χ0n) is 6.23. The maximum Gasteiger partial charge on any atom is 0.302 e. The van der Waals surface area contributed by atoms with Gasteiger partial charge in [-0.2, -0.15) is 0 Å². The fourth-order valence-electron chi connectivity index (χ4n) is 0.412. The van der Waals surface area contributed by atoms with Gasteiger partial charge in [-0.25, -0.2) is 0 Å². The van der Waals surface area contributed by atoms with E-state index in [1.54, 1.807) is 0 Å². The predicted molar refractivity (Wildman–Crippen MR) is 39.7 cm³/mol. The molecule has 0 bridgehead atoms. The van der Waals surface area contributed by atoms with Crippen LogP contribution in [0.1, 0.15) is 19.8 Å². The quantitative estimate of drug-likeness (QED) is 0.333. The van der Waals surface area contributed by atoms with Gasteiger partial charge in [0.15, 0.2) is 0 Å². The summed E-state index contributed by atoms with van der Waals surface area (Å²) in [7, 11) is 0. The topological polar surface area (TPSA) is 26.3 Å². The molecule has 2 nitrogen and oxygen atoms in total. The van der Waals surface area contributed by atoms with Crippen molar-refractivity contribution in [3.63, 3.8) is 0 Å². The van der Waals surface area contributed by atoms with Crippen molar-refractivity contribution in [1.29, 1.82) is 0 Å². The Bertz CT molecular complexity index is 87.8. The van der Waals surface area contributed by atoms with Crippen LogP contribution in [-0.2, 0) is 29.0 Å². The van der Waals surface area contributed by atoms with E-state index < -0.39 is 0 Å². The molecule has 0 aliphatic heterocycles. The minimum atomic E-state index is -0.190. The normalized spacial score (nSPS) is 8.20. The molecule has 0 unspecified atom stereocenters. The molecule has 0 spiro atoms. The Balaban J connectivity index is 0. The second-order valence-corrected chi connectivity index (χ2v) is 2.53. The van der Waals surface area contributed by atoms with Crippen molar-refractivity contribution in [2.24, 2.45) is 0 Å². The molecule has 56 valence electrons. The molecule has 0 atom stereocenters. The Labute approximate surface area is 82.6 Å². The predicted octanol–water partition coefficient (Wildman–Crippen LogP) is 1.72. The van der Waals surface area contributed by atoms with Crippen molar-refractivity contribution in [2.45, 2.75) is 19.8 Å². The number of ether oxygens (including phenoxy) is 1. The molecule has 0 radical (unpaired) electrons. The van der Waals surface area contributed by atoms with E-state index in [2.05, 4.69) is 20.7 Å². The fraction of sp³-hybridized carbons (Fsp3) is 0.833. The van der Waals surface area contributed by atoms with E-state index in [1.807, 2.05) is 0 Å². The summed E-state index contributed by atoms with van der Waals surface area (Å²) in [6.07, 6.45) is 2.01. The summed E-state index contributed by atoms with van der Waals surface area (Å²) in [4.78, 5) is 10.2. The van der Waals surface area contributed by atoms with E-state index in [1.165, 1.54) is 6.92 Å². The number of esters is 1. The Morgan fingerprint density at radius 1 is 1.50 bits per heavy atom. The van der Waals surface area contributed by atoms with Crippen molar-refractivity contribution in [1.82, 2.24) is 0 Å². The molecule has 0 aliphatic carbocycles. The van der Waals surface area contributed by atoms with E-state index in [0.29, 0.717) is 6.61 Å². The molecule has 0 aromatic carbocycles. The van der Waals surface area contributed by atoms with Crippen LogP contribution >= 0.6 is 15.9 Å². The third-order valence-electron chi connectivity index (χ3n) is 0.833. The maximum absolute atomic E-state index is 10.2. The van der Waals surface area contributed by atoms with Crippen molar-refractivity contribution < 1.29 is 29.0 Å². The van der Waals surface area contributed by atoms with E-state index >= 15 is 0 Å². The van der Waals surface area contributed by atoms with Gasteiger partial charge in [-0.15, -0.1) is 0 Å². The fourth-order valence-corrected chi connectivity index (χ4v) is 0.809. The summed E-state index contributed by atoms with van der Waals surface area (Å²) in [5.74, 6) is -0.190. The Kier molecular flexibility index (Phi) is 12.6. The average Bonchev–Trinajstić information content (AvgIpc) is 1.80. The molecular formula is C6H11BrO2Zn. The van der Waals surface area contributed by atoms with Gasteiger partial charge >= 0.3 is 5.97 Å². The van der Waals surface area contributed by atoms with E-state index in [9.17, 15) is 4.79 Å². The first kappa shape index (κ1) is 13.2. The molecule has 0 aliphatic rings. The zero-order chi connectivity index (χ0) is 7.11. The molecule has 0 aromatic heterocycles. The Morgan fingerprint density at radius 3 is 2.50 bits per heavy atom. The molecule has 0 saturated heterocycles. The van der Waals surface area contributed by atoms with E-state index in [0.717, 1.165) is 18.2 Å². The monoisotopic (exact) mass is 258 g/mol. The average molecular weight is 260 g/mol. The van der Waals surface area contributed by atoms with Gasteiger partial charge in [0.05, 0.1) is 6.61 Å². The number of rotatable bonds is 4. The minimum absolute atomic E-state index is 0. The summed E-state index contributed by atoms with van der Waals surface area (Å²) in [6.45, 7) is 1.98. The molecule has 0 amide bonds. The van der Waals surface area contributed by atoms with Crippen LogP contribution in [0.4, 0.5) is 0 Å². The van der Waals surface area contributed by atoms with Crippen molar-refractivity contribution >= 4 is 21.9 Å². The number of hydrogen-bond donors (Lipinski definition) is 0. The van der Waals surface area contributed by atoms with Gasteiger partial charge in [-0.3, -0.25) is 4.79 Å². The number of halogens is 1. The molecule has 0 heterocycles. The Hall–Kier alpha value is 0.573. The number of carbonyl (C=O) groups excluding carboxylic acids is 1. The minimum Gasteiger partial charge on any atom is -0.466 e. The van der Waals surface area contributed by atoms with E-state index in [-0.39, 0.29) is 25.4 Å². The van der Waals surface area contributed by atoms with E-state index in [4.69, 9.17) is 0 Å². The molecule has 4 heteroatoms. The van der Waals surface area contributed by atoms with Crippen LogP contribution in [-0.4, -0.2) is 17.9 Å². The number of unbranched alkanes of at least 4 members (excludes halogenated alkanes) is 1. The number of alkyl halides is 1. The van der Waals surface area contributed by atoms with Gasteiger partial charge in [0, 0.05) is 31.7 Å². The summed E-state index contributed by atoms with van der Waals surface area (Å²) in [5, 5.41) is 0.980. The second kappa shape index (κ2) is 9.57. The molecule has 0 saturated carbocycles. The van der Waals surface area contributed by atoms with Crippen LogP contribution in [0.5, 0.6) is 0 Å². The molecule has 10 heavy (non-hydrogen) atoms. The van der Waals surface area contributed by atoms with Crippen LogP contribution in [0, 0.1) is 0 Å². The summed E-state index contributed by atoms with van der Waals surface area (Å²) in [6, 6.07) is 0. The summed E-state index contributed by atoms with van der Waals surface area (Å²) >= 11 is 3.28. The largest absolute Gasteiger partial charge is 0.466 e. The molecular weight excluding hydrogens is 249 g/mol. The zero-order valence-corrected chi connectivity index (χ0v) is 10.8. The van der Waals surface area contributed by atoms with Gasteiger partial charge in [0.1, 0.15) is 0 Å². The van der Waals surface area contributed by atoms with Crippen molar-refractivity contribution in [3.8, 4) is 0 Å². The maximum atomic E-state index is 10.2. The molecule has 0 rings (SSSR count). The first-order chi connectivity index (χ1) is 4.27. The summed E-state index contributed by atoms with van der Waals surface area (Å²) in [5.41, 5.74) is 0.